The Morgan fingerprint density at radius 2 is 1.45 bits per heavy atom. The van der Waals surface area contributed by atoms with Crippen LogP contribution in [0.2, 0.25) is 0 Å². The smallest absolute Gasteiger partial charge is 0.406 e. The number of piperazine rings is 1. The van der Waals surface area contributed by atoms with Crippen LogP contribution >= 0.6 is 0 Å². The minimum Gasteiger partial charge on any atom is -0.406 e. The molecule has 16 heteroatoms. The molecule has 1 aromatic heterocycles. The van der Waals surface area contributed by atoms with Crippen molar-refractivity contribution in [3.8, 4) is 5.75 Å². The highest BCUT2D eigenvalue weighted by atomic mass is 32.2. The average Bonchev–Trinajstić information content (AvgIpc) is 3.67. The SMILES string of the molecule is O=C(NC1CCN(Cc2ccc(OC(F)(F)F)cc2)CC1F)c1ccc(C(=O)N2CCN(Cc3ccc(S(=O)(=O)N4CCCC4)cc3)CC2)nc1. The van der Waals surface area contributed by atoms with Gasteiger partial charge in [0.25, 0.3) is 11.8 Å². The summed E-state index contributed by atoms with van der Waals surface area (Å²) < 4.78 is 83.3. The van der Waals surface area contributed by atoms with Gasteiger partial charge in [0.05, 0.1) is 16.5 Å². The number of nitrogens with zero attached hydrogens (tertiary/aromatic N) is 5. The minimum atomic E-state index is -4.77. The molecular weight excluding hydrogens is 692 g/mol. The summed E-state index contributed by atoms with van der Waals surface area (Å²) in [5.41, 5.74) is 2.09. The van der Waals surface area contributed by atoms with Crippen LogP contribution in [0.5, 0.6) is 5.75 Å². The first-order valence-electron chi connectivity index (χ1n) is 16.9. The fourth-order valence-electron chi connectivity index (χ4n) is 6.61. The van der Waals surface area contributed by atoms with Gasteiger partial charge in [-0.1, -0.05) is 24.3 Å². The van der Waals surface area contributed by atoms with Crippen LogP contribution in [-0.2, 0) is 23.1 Å². The number of carbonyl (C=O) groups is 2. The maximum Gasteiger partial charge on any atom is 0.573 e. The summed E-state index contributed by atoms with van der Waals surface area (Å²) in [7, 11) is -3.46. The van der Waals surface area contributed by atoms with Gasteiger partial charge in [-0.25, -0.2) is 12.8 Å². The van der Waals surface area contributed by atoms with E-state index < -0.39 is 34.5 Å². The van der Waals surface area contributed by atoms with Crippen molar-refractivity contribution in [1.82, 2.24) is 29.3 Å². The number of rotatable bonds is 10. The molecule has 0 aliphatic carbocycles. The second-order valence-electron chi connectivity index (χ2n) is 13.1. The van der Waals surface area contributed by atoms with Crippen LogP contribution in [0.4, 0.5) is 17.6 Å². The maximum atomic E-state index is 15.1. The normalized spacial score (nSPS) is 21.1. The Labute approximate surface area is 294 Å². The molecule has 0 radical (unpaired) electrons. The molecule has 3 aliphatic rings. The molecule has 0 bridgehead atoms. The molecule has 274 valence electrons. The second kappa shape index (κ2) is 15.6. The largest absolute Gasteiger partial charge is 0.573 e. The number of halogens is 4. The third-order valence-corrected chi connectivity index (χ3v) is 11.4. The summed E-state index contributed by atoms with van der Waals surface area (Å²) in [6.07, 6.45) is -2.72. The highest BCUT2D eigenvalue weighted by Gasteiger charge is 2.33. The second-order valence-corrected chi connectivity index (χ2v) is 15.0. The number of pyridine rings is 1. The fourth-order valence-corrected chi connectivity index (χ4v) is 8.13. The number of carbonyl (C=O) groups excluding carboxylic acids is 2. The summed E-state index contributed by atoms with van der Waals surface area (Å²) in [5.74, 6) is -1.08. The van der Waals surface area contributed by atoms with E-state index in [4.69, 9.17) is 0 Å². The minimum absolute atomic E-state index is 0.0418. The lowest BCUT2D eigenvalue weighted by molar-refractivity contribution is -0.274. The Morgan fingerprint density at radius 1 is 0.824 bits per heavy atom. The van der Waals surface area contributed by atoms with Crippen LogP contribution in [-0.4, -0.2) is 115 Å². The first kappa shape index (κ1) is 36.7. The Bertz CT molecular complexity index is 1760. The monoisotopic (exact) mass is 732 g/mol. The van der Waals surface area contributed by atoms with Crippen molar-refractivity contribution >= 4 is 21.8 Å². The Balaban J connectivity index is 0.931. The lowest BCUT2D eigenvalue weighted by atomic mass is 10.0. The van der Waals surface area contributed by atoms with Gasteiger partial charge in [0.1, 0.15) is 17.6 Å². The molecule has 51 heavy (non-hydrogen) atoms. The third kappa shape index (κ3) is 9.41. The third-order valence-electron chi connectivity index (χ3n) is 9.44. The average molecular weight is 733 g/mol. The molecule has 3 aliphatic heterocycles. The number of aromatic nitrogens is 1. The van der Waals surface area contributed by atoms with Gasteiger partial charge < -0.3 is 15.0 Å². The van der Waals surface area contributed by atoms with E-state index in [0.717, 1.165) is 18.4 Å². The fraction of sp³-hybridized carbons (Fsp3) is 0.457. The molecule has 0 spiro atoms. The number of nitrogens with one attached hydrogen (secondary N) is 1. The number of hydrogen-bond donors (Lipinski definition) is 1. The molecule has 3 saturated heterocycles. The molecule has 2 atom stereocenters. The molecule has 11 nitrogen and oxygen atoms in total. The maximum absolute atomic E-state index is 15.1. The van der Waals surface area contributed by atoms with Gasteiger partial charge in [0.15, 0.2) is 0 Å². The predicted octanol–water partition coefficient (Wildman–Crippen LogP) is 4.07. The first-order chi connectivity index (χ1) is 24.3. The Kier molecular flexibility index (Phi) is 11.2. The van der Waals surface area contributed by atoms with Gasteiger partial charge in [0, 0.05) is 71.6 Å². The van der Waals surface area contributed by atoms with Gasteiger partial charge in [-0.05, 0) is 66.8 Å². The number of piperidine rings is 1. The summed E-state index contributed by atoms with van der Waals surface area (Å²) in [6, 6.07) is 14.7. The van der Waals surface area contributed by atoms with Crippen molar-refractivity contribution < 1.29 is 40.3 Å². The first-order valence-corrected chi connectivity index (χ1v) is 18.4. The van der Waals surface area contributed by atoms with Crippen molar-refractivity contribution in [2.24, 2.45) is 0 Å². The lowest BCUT2D eigenvalue weighted by Crippen LogP contribution is -2.52. The summed E-state index contributed by atoms with van der Waals surface area (Å²) in [5, 5.41) is 2.72. The van der Waals surface area contributed by atoms with E-state index >= 15 is 4.39 Å². The number of hydrogen-bond acceptors (Lipinski definition) is 8. The van der Waals surface area contributed by atoms with Crippen molar-refractivity contribution in [3.05, 3.63) is 89.2 Å². The molecule has 2 unspecified atom stereocenters. The zero-order chi connectivity index (χ0) is 36.2. The van der Waals surface area contributed by atoms with E-state index in [-0.39, 0.29) is 29.5 Å². The number of amides is 2. The van der Waals surface area contributed by atoms with Crippen molar-refractivity contribution in [2.75, 3.05) is 52.4 Å². The summed E-state index contributed by atoms with van der Waals surface area (Å²) in [4.78, 5) is 36.3. The van der Waals surface area contributed by atoms with E-state index in [9.17, 15) is 31.2 Å². The van der Waals surface area contributed by atoms with Crippen LogP contribution < -0.4 is 10.1 Å². The van der Waals surface area contributed by atoms with Crippen molar-refractivity contribution in [1.29, 1.82) is 0 Å². The van der Waals surface area contributed by atoms with Crippen LogP contribution in [0.3, 0.4) is 0 Å². The molecular formula is C35H40F4N6O5S. The predicted molar refractivity (Wildman–Crippen MR) is 179 cm³/mol. The molecule has 3 fully saturated rings. The highest BCUT2D eigenvalue weighted by molar-refractivity contribution is 7.89. The number of ether oxygens (including phenoxy) is 1. The van der Waals surface area contributed by atoms with E-state index in [0.29, 0.717) is 75.8 Å². The molecule has 4 heterocycles. The van der Waals surface area contributed by atoms with Gasteiger partial charge >= 0.3 is 6.36 Å². The Morgan fingerprint density at radius 3 is 2.04 bits per heavy atom. The zero-order valence-corrected chi connectivity index (χ0v) is 28.7. The van der Waals surface area contributed by atoms with E-state index in [1.165, 1.54) is 46.9 Å². The molecule has 1 N–H and O–H groups in total. The molecule has 2 aromatic carbocycles. The topological polar surface area (TPSA) is 115 Å². The number of likely N-dealkylation sites (tertiary alicyclic amines) is 1. The standard InChI is InChI=1S/C35H40F4N6O5S/c36-30-24-43(23-25-3-8-28(9-4-25)50-35(37,38)39)16-13-31(30)41-33(46)27-7-12-32(40-21-27)34(47)44-19-17-42(18-20-44)22-26-5-10-29(11-6-26)51(48,49)45-14-1-2-15-45/h3-12,21,30-31H,1-2,13-20,22-24H2,(H,41,46). The van der Waals surface area contributed by atoms with Crippen LogP contribution in [0, 0.1) is 0 Å². The molecule has 2 amide bonds. The van der Waals surface area contributed by atoms with Crippen LogP contribution in [0.15, 0.2) is 71.8 Å². The van der Waals surface area contributed by atoms with Crippen LogP contribution in [0.25, 0.3) is 0 Å². The van der Waals surface area contributed by atoms with Crippen molar-refractivity contribution in [2.45, 2.75) is 55.8 Å². The number of sulfonamides is 1. The van der Waals surface area contributed by atoms with Crippen LogP contribution in [0.1, 0.15) is 51.2 Å². The summed E-state index contributed by atoms with van der Waals surface area (Å²) >= 11 is 0. The van der Waals surface area contributed by atoms with Gasteiger partial charge in [-0.15, -0.1) is 13.2 Å². The van der Waals surface area contributed by atoms with Gasteiger partial charge in [0.2, 0.25) is 10.0 Å². The Hall–Kier alpha value is -4.12. The van der Waals surface area contributed by atoms with E-state index in [1.54, 1.807) is 17.0 Å². The quantitative estimate of drug-likeness (QED) is 0.311. The zero-order valence-electron chi connectivity index (χ0n) is 27.9. The number of benzene rings is 2. The summed E-state index contributed by atoms with van der Waals surface area (Å²) in [6.45, 7) is 4.83. The highest BCUT2D eigenvalue weighted by Crippen LogP contribution is 2.25. The van der Waals surface area contributed by atoms with E-state index in [1.807, 2.05) is 17.0 Å². The molecule has 6 rings (SSSR count). The van der Waals surface area contributed by atoms with Gasteiger partial charge in [-0.2, -0.15) is 4.31 Å². The van der Waals surface area contributed by atoms with E-state index in [2.05, 4.69) is 19.9 Å². The lowest BCUT2D eigenvalue weighted by Gasteiger charge is -2.35. The van der Waals surface area contributed by atoms with Crippen molar-refractivity contribution in [3.63, 3.8) is 0 Å². The molecule has 0 saturated carbocycles. The number of alkyl halides is 4. The van der Waals surface area contributed by atoms with Gasteiger partial charge in [-0.3, -0.25) is 24.4 Å². The molecule has 3 aromatic rings.